The van der Waals surface area contributed by atoms with Crippen molar-refractivity contribution >= 4 is 18.7 Å². The first kappa shape index (κ1) is 18.6. The van der Waals surface area contributed by atoms with Crippen LogP contribution in [0.25, 0.3) is 0 Å². The van der Waals surface area contributed by atoms with Crippen LogP contribution >= 0.6 is 0 Å². The minimum atomic E-state index is -0.416. The fourth-order valence-electron chi connectivity index (χ4n) is 2.18. The van der Waals surface area contributed by atoms with Crippen LogP contribution in [-0.4, -0.2) is 24.5 Å². The summed E-state index contributed by atoms with van der Waals surface area (Å²) in [5, 5.41) is 0. The lowest BCUT2D eigenvalue weighted by molar-refractivity contribution is -0.191. The lowest BCUT2D eigenvalue weighted by atomic mass is 9.78. The molecule has 0 aromatic heterocycles. The van der Waals surface area contributed by atoms with E-state index in [1.807, 2.05) is 40.7 Å². The summed E-state index contributed by atoms with van der Waals surface area (Å²) < 4.78 is 25.6. The summed E-state index contributed by atoms with van der Waals surface area (Å²) >= 11 is 0. The van der Waals surface area contributed by atoms with E-state index >= 15 is 0 Å². The molecule has 22 heavy (non-hydrogen) atoms. The molecule has 6 heteroatoms. The number of halogens is 1. The third-order valence-corrected chi connectivity index (χ3v) is 4.11. The Hall–Kier alpha value is -1.49. The summed E-state index contributed by atoms with van der Waals surface area (Å²) in [5.41, 5.74) is 0.895. The lowest BCUT2D eigenvalue weighted by Crippen LogP contribution is -2.41. The van der Waals surface area contributed by atoms with Gasteiger partial charge in [-0.1, -0.05) is 25.5 Å². The molecule has 0 N–H and O–H groups in total. The van der Waals surface area contributed by atoms with Crippen LogP contribution in [-0.2, 0) is 25.3 Å². The Balaban J connectivity index is 0.000000745. The lowest BCUT2D eigenvalue weighted by Gasteiger charge is -2.32. The number of hydrogen-bond donors (Lipinski definition) is 0. The summed E-state index contributed by atoms with van der Waals surface area (Å²) in [7, 11) is -0.416. The SMILES string of the molecule is CCCc1cc(B2OC(C)(C)C(C)(C)O2)ccc1F.O=C=O. The van der Waals surface area contributed by atoms with Gasteiger partial charge in [-0.2, -0.15) is 9.59 Å². The van der Waals surface area contributed by atoms with E-state index in [0.29, 0.717) is 0 Å². The topological polar surface area (TPSA) is 52.6 Å². The van der Waals surface area contributed by atoms with E-state index in [1.165, 1.54) is 6.07 Å². The van der Waals surface area contributed by atoms with Crippen LogP contribution in [0, 0.1) is 5.82 Å². The molecule has 1 aliphatic rings. The Morgan fingerprint density at radius 1 is 1.14 bits per heavy atom. The molecule has 0 aliphatic carbocycles. The number of aryl methyl sites for hydroxylation is 1. The molecule has 1 aromatic rings. The molecule has 1 aromatic carbocycles. The van der Waals surface area contributed by atoms with Crippen molar-refractivity contribution < 1.29 is 23.3 Å². The quantitative estimate of drug-likeness (QED) is 0.805. The molecule has 0 atom stereocenters. The maximum absolute atomic E-state index is 13.7. The van der Waals surface area contributed by atoms with Gasteiger partial charge in [0, 0.05) is 0 Å². The van der Waals surface area contributed by atoms with Crippen molar-refractivity contribution in [2.75, 3.05) is 0 Å². The average Bonchev–Trinajstić information content (AvgIpc) is 2.62. The Bertz CT molecular complexity index is 535. The zero-order chi connectivity index (χ0) is 17.0. The van der Waals surface area contributed by atoms with E-state index in [0.717, 1.165) is 23.9 Å². The minimum absolute atomic E-state index is 0.151. The minimum Gasteiger partial charge on any atom is -0.399 e. The largest absolute Gasteiger partial charge is 0.494 e. The van der Waals surface area contributed by atoms with E-state index < -0.39 is 7.12 Å². The van der Waals surface area contributed by atoms with E-state index in [4.69, 9.17) is 18.9 Å². The van der Waals surface area contributed by atoms with Crippen LogP contribution in [0.3, 0.4) is 0 Å². The highest BCUT2D eigenvalue weighted by Crippen LogP contribution is 2.36. The monoisotopic (exact) mass is 308 g/mol. The molecule has 1 heterocycles. The van der Waals surface area contributed by atoms with Gasteiger partial charge >= 0.3 is 13.3 Å². The predicted molar refractivity (Wildman–Crippen MR) is 81.1 cm³/mol. The van der Waals surface area contributed by atoms with Gasteiger partial charge in [0.1, 0.15) is 5.82 Å². The molecular weight excluding hydrogens is 286 g/mol. The number of benzene rings is 1. The third-order valence-electron chi connectivity index (χ3n) is 4.11. The predicted octanol–water partition coefficient (Wildman–Crippen LogP) is 2.49. The van der Waals surface area contributed by atoms with Crippen molar-refractivity contribution in [2.45, 2.75) is 58.7 Å². The van der Waals surface area contributed by atoms with E-state index in [2.05, 4.69) is 0 Å². The zero-order valence-corrected chi connectivity index (χ0v) is 13.7. The van der Waals surface area contributed by atoms with Gasteiger partial charge in [-0.3, -0.25) is 0 Å². The second kappa shape index (κ2) is 7.18. The first-order chi connectivity index (χ1) is 10.2. The van der Waals surface area contributed by atoms with Gasteiger partial charge < -0.3 is 9.31 Å². The summed E-state index contributed by atoms with van der Waals surface area (Å²) in [6, 6.07) is 5.11. The summed E-state index contributed by atoms with van der Waals surface area (Å²) in [4.78, 5) is 16.2. The van der Waals surface area contributed by atoms with Gasteiger partial charge in [-0.25, -0.2) is 4.39 Å². The highest BCUT2D eigenvalue weighted by molar-refractivity contribution is 6.62. The van der Waals surface area contributed by atoms with Crippen LogP contribution < -0.4 is 5.46 Å². The first-order valence-electron chi connectivity index (χ1n) is 7.31. The van der Waals surface area contributed by atoms with Crippen molar-refractivity contribution in [3.63, 3.8) is 0 Å². The van der Waals surface area contributed by atoms with Crippen molar-refractivity contribution in [3.05, 3.63) is 29.6 Å². The highest BCUT2D eigenvalue weighted by Gasteiger charge is 2.51. The van der Waals surface area contributed by atoms with Gasteiger partial charge in [-0.15, -0.1) is 0 Å². The molecule has 1 fully saturated rings. The van der Waals surface area contributed by atoms with Gasteiger partial charge in [0.2, 0.25) is 0 Å². The van der Waals surface area contributed by atoms with E-state index in [1.54, 1.807) is 6.07 Å². The smallest absolute Gasteiger partial charge is 0.399 e. The van der Waals surface area contributed by atoms with Crippen LogP contribution in [0.15, 0.2) is 18.2 Å². The van der Waals surface area contributed by atoms with Crippen LogP contribution in [0.1, 0.15) is 46.6 Å². The van der Waals surface area contributed by atoms with Crippen LogP contribution in [0.2, 0.25) is 0 Å². The Labute approximate surface area is 131 Å². The molecule has 1 saturated heterocycles. The van der Waals surface area contributed by atoms with Gasteiger partial charge in [-0.05, 0) is 51.2 Å². The second-order valence-corrected chi connectivity index (χ2v) is 6.27. The molecule has 1 aliphatic heterocycles. The second-order valence-electron chi connectivity index (χ2n) is 6.27. The molecule has 0 amide bonds. The van der Waals surface area contributed by atoms with E-state index in [9.17, 15) is 4.39 Å². The average molecular weight is 308 g/mol. The number of rotatable bonds is 3. The molecule has 2 rings (SSSR count). The molecule has 0 bridgehead atoms. The number of hydrogen-bond acceptors (Lipinski definition) is 4. The van der Waals surface area contributed by atoms with Crippen molar-refractivity contribution in [3.8, 4) is 0 Å². The fourth-order valence-corrected chi connectivity index (χ4v) is 2.18. The zero-order valence-electron chi connectivity index (χ0n) is 13.7. The number of carbonyl (C=O) groups excluding carboxylic acids is 2. The van der Waals surface area contributed by atoms with Crippen molar-refractivity contribution in [1.29, 1.82) is 0 Å². The Morgan fingerprint density at radius 2 is 1.64 bits per heavy atom. The van der Waals surface area contributed by atoms with Crippen molar-refractivity contribution in [2.24, 2.45) is 0 Å². The molecular formula is C16H22BFO4. The molecule has 4 nitrogen and oxygen atoms in total. The maximum Gasteiger partial charge on any atom is 0.494 e. The van der Waals surface area contributed by atoms with Crippen LogP contribution in [0.5, 0.6) is 0 Å². The maximum atomic E-state index is 13.7. The van der Waals surface area contributed by atoms with Gasteiger partial charge in [0.25, 0.3) is 0 Å². The standard InChI is InChI=1S/C15H22BFO2.CO2/c1-6-7-11-10-12(8-9-13(11)17)16-18-14(2,3)15(4,5)19-16;2-1-3/h8-10H,6-7H2,1-5H3;. The Kier molecular flexibility index (Phi) is 6.06. The molecule has 0 unspecified atom stereocenters. The van der Waals surface area contributed by atoms with Crippen molar-refractivity contribution in [1.82, 2.24) is 0 Å². The van der Waals surface area contributed by atoms with E-state index in [-0.39, 0.29) is 23.2 Å². The highest BCUT2D eigenvalue weighted by atomic mass is 19.1. The fraction of sp³-hybridized carbons (Fsp3) is 0.562. The molecule has 0 spiro atoms. The first-order valence-corrected chi connectivity index (χ1v) is 7.31. The molecule has 120 valence electrons. The summed E-state index contributed by atoms with van der Waals surface area (Å²) in [5.74, 6) is -0.151. The van der Waals surface area contributed by atoms with Gasteiger partial charge in [0.15, 0.2) is 0 Å². The molecule has 0 saturated carbocycles. The molecule has 0 radical (unpaired) electrons. The van der Waals surface area contributed by atoms with Crippen LogP contribution in [0.4, 0.5) is 4.39 Å². The Morgan fingerprint density at radius 3 is 2.09 bits per heavy atom. The normalized spacial score (nSPS) is 18.4. The summed E-state index contributed by atoms with van der Waals surface area (Å²) in [6.45, 7) is 10.1. The van der Waals surface area contributed by atoms with Gasteiger partial charge in [0.05, 0.1) is 11.2 Å². The third kappa shape index (κ3) is 4.04. The summed E-state index contributed by atoms with van der Waals surface area (Å²) in [6.07, 6.45) is 1.91.